The van der Waals surface area contributed by atoms with Crippen molar-refractivity contribution in [1.82, 2.24) is 10.2 Å². The first kappa shape index (κ1) is 15.4. The van der Waals surface area contributed by atoms with Crippen molar-refractivity contribution in [3.8, 4) is 0 Å². The number of hydrogen-bond acceptors (Lipinski definition) is 3. The van der Waals surface area contributed by atoms with Gasteiger partial charge in [0.15, 0.2) is 0 Å². The van der Waals surface area contributed by atoms with E-state index in [1.54, 1.807) is 7.11 Å². The fraction of sp³-hybridized carbons (Fsp3) is 0.471. The van der Waals surface area contributed by atoms with Crippen LogP contribution in [0.15, 0.2) is 47.2 Å². The van der Waals surface area contributed by atoms with Crippen molar-refractivity contribution in [2.24, 2.45) is 5.92 Å². The molecule has 1 atom stereocenters. The van der Waals surface area contributed by atoms with Crippen LogP contribution < -0.4 is 5.32 Å². The number of fused-ring (bicyclic) bond motifs is 1. The Kier molecular flexibility index (Phi) is 4.89. The summed E-state index contributed by atoms with van der Waals surface area (Å²) in [7, 11) is 1.66. The zero-order valence-corrected chi connectivity index (χ0v) is 13.3. The molecule has 2 rings (SSSR count). The van der Waals surface area contributed by atoms with Crippen LogP contribution in [0.5, 0.6) is 0 Å². The van der Waals surface area contributed by atoms with E-state index in [9.17, 15) is 4.79 Å². The Hall–Kier alpha value is -1.97. The largest absolute Gasteiger partial charge is 0.495 e. The number of ether oxygens (including phenoxy) is 1. The van der Waals surface area contributed by atoms with E-state index in [0.717, 1.165) is 30.0 Å². The highest BCUT2D eigenvalue weighted by molar-refractivity contribution is 5.94. The van der Waals surface area contributed by atoms with E-state index in [-0.39, 0.29) is 5.91 Å². The average Bonchev–Trinajstić information content (AvgIpc) is 2.63. The van der Waals surface area contributed by atoms with E-state index in [1.807, 2.05) is 30.2 Å². The first-order valence-electron chi connectivity index (χ1n) is 7.57. The second-order valence-electron chi connectivity index (χ2n) is 5.26. The molecule has 2 aliphatic heterocycles. The molecule has 0 spiro atoms. The van der Waals surface area contributed by atoms with Gasteiger partial charge in [-0.2, -0.15) is 0 Å². The maximum absolute atomic E-state index is 12.6. The molecule has 0 aromatic rings. The number of amides is 1. The van der Waals surface area contributed by atoms with E-state index in [2.05, 4.69) is 25.2 Å². The Morgan fingerprint density at radius 2 is 2.24 bits per heavy atom. The summed E-state index contributed by atoms with van der Waals surface area (Å²) >= 11 is 0. The van der Waals surface area contributed by atoms with Crippen LogP contribution in [0, 0.1) is 5.92 Å². The number of likely N-dealkylation sites (N-methyl/N-ethyl adjacent to an activating group) is 1. The fourth-order valence-corrected chi connectivity index (χ4v) is 2.90. The van der Waals surface area contributed by atoms with E-state index in [4.69, 9.17) is 4.74 Å². The molecule has 2 heterocycles. The molecule has 0 saturated heterocycles. The minimum atomic E-state index is -0.0176. The van der Waals surface area contributed by atoms with Gasteiger partial charge in [-0.1, -0.05) is 19.9 Å². The summed E-state index contributed by atoms with van der Waals surface area (Å²) in [5, 5.41) is 2.93. The van der Waals surface area contributed by atoms with Crippen molar-refractivity contribution >= 4 is 5.91 Å². The standard InChI is InChI=1S/C17H24N2O2/c1-5-13-12(3)9-10-14-15(21-4)8-7-11-19(14)16(13)17(20)18-6-2/h7-8,10-12H,5-6,9H2,1-4H3,(H,18,20). The number of methoxy groups -OCH3 is 1. The quantitative estimate of drug-likeness (QED) is 0.864. The third-order valence-electron chi connectivity index (χ3n) is 3.95. The lowest BCUT2D eigenvalue weighted by atomic mass is 9.94. The molecule has 0 bridgehead atoms. The molecule has 21 heavy (non-hydrogen) atoms. The van der Waals surface area contributed by atoms with Crippen LogP contribution in [0.25, 0.3) is 0 Å². The van der Waals surface area contributed by atoms with Gasteiger partial charge >= 0.3 is 0 Å². The topological polar surface area (TPSA) is 41.6 Å². The number of nitrogens with one attached hydrogen (secondary N) is 1. The van der Waals surface area contributed by atoms with Crippen LogP contribution >= 0.6 is 0 Å². The third kappa shape index (κ3) is 2.89. The van der Waals surface area contributed by atoms with E-state index in [1.165, 1.54) is 5.57 Å². The summed E-state index contributed by atoms with van der Waals surface area (Å²) in [6.07, 6.45) is 9.72. The Bertz CT molecular complexity index is 541. The zero-order valence-electron chi connectivity index (χ0n) is 13.3. The smallest absolute Gasteiger partial charge is 0.268 e. The molecule has 0 aliphatic carbocycles. The Labute approximate surface area is 126 Å². The molecule has 0 aromatic carbocycles. The highest BCUT2D eigenvalue weighted by Crippen LogP contribution is 2.35. The Balaban J connectivity index is 2.53. The average molecular weight is 288 g/mol. The molecular formula is C17H24N2O2. The highest BCUT2D eigenvalue weighted by Gasteiger charge is 2.30. The van der Waals surface area contributed by atoms with E-state index in [0.29, 0.717) is 12.5 Å². The van der Waals surface area contributed by atoms with Gasteiger partial charge < -0.3 is 15.0 Å². The van der Waals surface area contributed by atoms with Crippen molar-refractivity contribution in [2.45, 2.75) is 33.6 Å². The number of rotatable bonds is 4. The van der Waals surface area contributed by atoms with Crippen LogP contribution in [-0.4, -0.2) is 24.5 Å². The van der Waals surface area contributed by atoms with Crippen LogP contribution in [0.1, 0.15) is 33.6 Å². The van der Waals surface area contributed by atoms with Gasteiger partial charge in [0.2, 0.25) is 0 Å². The SMILES string of the molecule is CCNC(=O)C1=C(CC)C(C)CC=C2C(OC)=CC=CN21. The Morgan fingerprint density at radius 1 is 1.48 bits per heavy atom. The van der Waals surface area contributed by atoms with Crippen LogP contribution in [0.2, 0.25) is 0 Å². The Morgan fingerprint density at radius 3 is 2.86 bits per heavy atom. The van der Waals surface area contributed by atoms with Gasteiger partial charge in [0, 0.05) is 12.7 Å². The molecule has 4 nitrogen and oxygen atoms in total. The first-order chi connectivity index (χ1) is 10.1. The van der Waals surface area contributed by atoms with Gasteiger partial charge in [-0.3, -0.25) is 4.79 Å². The molecule has 0 saturated carbocycles. The molecule has 1 N–H and O–H groups in total. The molecule has 0 radical (unpaired) electrons. The third-order valence-corrected chi connectivity index (χ3v) is 3.95. The fourth-order valence-electron chi connectivity index (χ4n) is 2.90. The molecule has 1 unspecified atom stereocenters. The minimum Gasteiger partial charge on any atom is -0.495 e. The summed E-state index contributed by atoms with van der Waals surface area (Å²) in [6, 6.07) is 0. The molecule has 4 heteroatoms. The molecule has 1 amide bonds. The number of allylic oxidation sites excluding steroid dienone is 4. The predicted octanol–water partition coefficient (Wildman–Crippen LogP) is 3.07. The predicted molar refractivity (Wildman–Crippen MR) is 83.9 cm³/mol. The van der Waals surface area contributed by atoms with Crippen molar-refractivity contribution in [1.29, 1.82) is 0 Å². The monoisotopic (exact) mass is 288 g/mol. The molecule has 2 aliphatic rings. The van der Waals surface area contributed by atoms with Gasteiger partial charge in [0.25, 0.3) is 5.91 Å². The maximum Gasteiger partial charge on any atom is 0.268 e. The van der Waals surface area contributed by atoms with Crippen molar-refractivity contribution in [2.75, 3.05) is 13.7 Å². The normalized spacial score (nSPS) is 21.3. The lowest BCUT2D eigenvalue weighted by molar-refractivity contribution is -0.118. The summed E-state index contributed by atoms with van der Waals surface area (Å²) in [5.41, 5.74) is 2.89. The van der Waals surface area contributed by atoms with Gasteiger partial charge in [0.05, 0.1) is 12.8 Å². The number of nitrogens with zero attached hydrogens (tertiary/aromatic N) is 1. The van der Waals surface area contributed by atoms with Gasteiger partial charge in [-0.05, 0) is 43.4 Å². The lowest BCUT2D eigenvalue weighted by Gasteiger charge is -2.29. The summed E-state index contributed by atoms with van der Waals surface area (Å²) in [4.78, 5) is 14.5. The molecule has 0 fully saturated rings. The zero-order chi connectivity index (χ0) is 15.4. The second kappa shape index (κ2) is 6.66. The highest BCUT2D eigenvalue weighted by atomic mass is 16.5. The molecule has 114 valence electrons. The van der Waals surface area contributed by atoms with Crippen LogP contribution in [-0.2, 0) is 9.53 Å². The summed E-state index contributed by atoms with van der Waals surface area (Å²) in [5.74, 6) is 1.12. The van der Waals surface area contributed by atoms with Crippen molar-refractivity contribution < 1.29 is 9.53 Å². The molecular weight excluding hydrogens is 264 g/mol. The number of carbonyl (C=O) groups excluding carboxylic acids is 1. The first-order valence-corrected chi connectivity index (χ1v) is 7.57. The van der Waals surface area contributed by atoms with E-state index < -0.39 is 0 Å². The summed E-state index contributed by atoms with van der Waals surface area (Å²) < 4.78 is 5.45. The number of hydrogen-bond donors (Lipinski definition) is 1. The van der Waals surface area contributed by atoms with Crippen molar-refractivity contribution in [3.63, 3.8) is 0 Å². The van der Waals surface area contributed by atoms with E-state index >= 15 is 0 Å². The van der Waals surface area contributed by atoms with Crippen LogP contribution in [0.3, 0.4) is 0 Å². The van der Waals surface area contributed by atoms with Gasteiger partial charge in [-0.25, -0.2) is 0 Å². The molecule has 0 aromatic heterocycles. The van der Waals surface area contributed by atoms with Gasteiger partial charge in [0.1, 0.15) is 11.5 Å². The second-order valence-corrected chi connectivity index (χ2v) is 5.26. The summed E-state index contributed by atoms with van der Waals surface area (Å²) in [6.45, 7) is 6.84. The van der Waals surface area contributed by atoms with Gasteiger partial charge in [-0.15, -0.1) is 0 Å². The van der Waals surface area contributed by atoms with Crippen LogP contribution in [0.4, 0.5) is 0 Å². The lowest BCUT2D eigenvalue weighted by Crippen LogP contribution is -2.34. The number of carbonyl (C=O) groups is 1. The maximum atomic E-state index is 12.6. The minimum absolute atomic E-state index is 0.0176. The van der Waals surface area contributed by atoms with Crippen molar-refractivity contribution in [3.05, 3.63) is 47.2 Å².